The fourth-order valence-corrected chi connectivity index (χ4v) is 7.12. The molecule has 0 fully saturated rings. The van der Waals surface area contributed by atoms with Gasteiger partial charge in [-0.2, -0.15) is 0 Å². The van der Waals surface area contributed by atoms with E-state index < -0.39 is 35.7 Å². The van der Waals surface area contributed by atoms with Crippen LogP contribution in [0.5, 0.6) is 0 Å². The summed E-state index contributed by atoms with van der Waals surface area (Å²) in [5, 5.41) is 12.8. The number of nitrogens with two attached hydrogens (primary N) is 2. The fraction of sp³-hybridized carbons (Fsp3) is 0.556. The minimum absolute atomic E-state index is 0.130. The van der Waals surface area contributed by atoms with Crippen molar-refractivity contribution in [2.75, 3.05) is 172 Å². The maximum absolute atomic E-state index is 14.3. The highest BCUT2D eigenvalue weighted by Gasteiger charge is 2.28. The van der Waals surface area contributed by atoms with Gasteiger partial charge in [-0.3, -0.25) is 19.2 Å². The van der Waals surface area contributed by atoms with E-state index in [0.717, 1.165) is 32.7 Å². The molecule has 4 aromatic carbocycles. The molecular formula is C54H79N5O16. The van der Waals surface area contributed by atoms with E-state index in [1.165, 1.54) is 0 Å². The number of nitrogens with one attached hydrogen (secondary N) is 3. The van der Waals surface area contributed by atoms with Crippen molar-refractivity contribution in [3.63, 3.8) is 0 Å². The van der Waals surface area contributed by atoms with E-state index >= 15 is 0 Å². The minimum Gasteiger partial charge on any atom is -0.378 e. The standard InChI is InChI=1S/C54H79N5O16/c55-13-15-64-17-19-66-21-23-68-25-28-71-30-32-73-34-36-75-42-52(61)58-50(40-44-10-12-46-6-2-4-8-48(46)38-44)54(63)59-49(39-43-9-11-45-5-1-3-7-47(45)37-43)53(62)57-14-16-65-18-20-67-22-24-69-26-27-70-29-31-72-33-35-74-41-51(56)60/h1-12,37-38,49-50H,13-36,39-42,55H2,(H2,56,60)(H,57,62)(H,58,61)(H,59,63)/t49-,50-/m0/s1. The van der Waals surface area contributed by atoms with Crippen LogP contribution in [-0.4, -0.2) is 207 Å². The summed E-state index contributed by atoms with van der Waals surface area (Å²) in [6.45, 7) is 8.39. The third-order valence-electron chi connectivity index (χ3n) is 10.8. The molecule has 0 unspecified atom stereocenters. The van der Waals surface area contributed by atoms with Gasteiger partial charge in [-0.15, -0.1) is 0 Å². The summed E-state index contributed by atoms with van der Waals surface area (Å²) >= 11 is 0. The second kappa shape index (κ2) is 41.0. The molecule has 0 spiro atoms. The predicted octanol–water partition coefficient (Wildman–Crippen LogP) is 1.51. The van der Waals surface area contributed by atoms with Crippen LogP contribution in [0.3, 0.4) is 0 Å². The summed E-state index contributed by atoms with van der Waals surface area (Å²) < 4.78 is 65.5. The Morgan fingerprint density at radius 3 is 1.13 bits per heavy atom. The van der Waals surface area contributed by atoms with Crippen LogP contribution in [0, 0.1) is 0 Å². The van der Waals surface area contributed by atoms with Gasteiger partial charge in [-0.25, -0.2) is 0 Å². The Morgan fingerprint density at radius 2 is 0.733 bits per heavy atom. The lowest BCUT2D eigenvalue weighted by molar-refractivity contribution is -0.133. The lowest BCUT2D eigenvalue weighted by Crippen LogP contribution is -2.55. The fourth-order valence-electron chi connectivity index (χ4n) is 7.12. The summed E-state index contributed by atoms with van der Waals surface area (Å²) in [6, 6.07) is 25.6. The molecule has 2 atom stereocenters. The van der Waals surface area contributed by atoms with E-state index in [2.05, 4.69) is 16.0 Å². The van der Waals surface area contributed by atoms with Crippen molar-refractivity contribution in [2.24, 2.45) is 11.5 Å². The van der Waals surface area contributed by atoms with E-state index in [9.17, 15) is 19.2 Å². The zero-order chi connectivity index (χ0) is 53.2. The molecule has 4 rings (SSSR count). The number of ether oxygens (including phenoxy) is 12. The second-order valence-electron chi connectivity index (χ2n) is 16.7. The van der Waals surface area contributed by atoms with Gasteiger partial charge in [0.1, 0.15) is 25.3 Å². The molecule has 0 aliphatic carbocycles. The van der Waals surface area contributed by atoms with Crippen LogP contribution >= 0.6 is 0 Å². The largest absolute Gasteiger partial charge is 0.378 e. The van der Waals surface area contributed by atoms with Crippen molar-refractivity contribution < 1.29 is 76.0 Å². The third-order valence-corrected chi connectivity index (χ3v) is 10.8. The van der Waals surface area contributed by atoms with Crippen molar-refractivity contribution in [3.05, 3.63) is 96.1 Å². The summed E-state index contributed by atoms with van der Waals surface area (Å²) in [5.41, 5.74) is 12.0. The van der Waals surface area contributed by atoms with Crippen LogP contribution in [-0.2, 0) is 88.9 Å². The van der Waals surface area contributed by atoms with Crippen LogP contribution in [0.1, 0.15) is 11.1 Å². The lowest BCUT2D eigenvalue weighted by Gasteiger charge is -2.24. The molecule has 0 radical (unpaired) electrons. The number of benzene rings is 4. The van der Waals surface area contributed by atoms with Crippen molar-refractivity contribution in [3.8, 4) is 0 Å². The molecule has 0 saturated heterocycles. The number of primary amides is 1. The van der Waals surface area contributed by atoms with E-state index in [-0.39, 0.29) is 59.0 Å². The Labute approximate surface area is 440 Å². The number of fused-ring (bicyclic) bond motifs is 2. The molecule has 4 aromatic rings. The Morgan fingerprint density at radius 1 is 0.387 bits per heavy atom. The normalized spacial score (nSPS) is 12.2. The lowest BCUT2D eigenvalue weighted by atomic mass is 9.99. The smallest absolute Gasteiger partial charge is 0.246 e. The number of rotatable bonds is 47. The molecule has 416 valence electrons. The average molecular weight is 1050 g/mol. The summed E-state index contributed by atoms with van der Waals surface area (Å²) in [6.07, 6.45) is 0.351. The van der Waals surface area contributed by atoms with Gasteiger partial charge in [-0.05, 0) is 32.7 Å². The number of amides is 4. The second-order valence-corrected chi connectivity index (χ2v) is 16.7. The van der Waals surface area contributed by atoms with Gasteiger partial charge in [0.25, 0.3) is 0 Å². The topological polar surface area (TPSA) is 267 Å². The quantitative estimate of drug-likeness (QED) is 0.0393. The highest BCUT2D eigenvalue weighted by atomic mass is 16.6. The highest BCUT2D eigenvalue weighted by Crippen LogP contribution is 2.19. The third kappa shape index (κ3) is 29.6. The predicted molar refractivity (Wildman–Crippen MR) is 280 cm³/mol. The van der Waals surface area contributed by atoms with Gasteiger partial charge in [0.2, 0.25) is 23.6 Å². The zero-order valence-electron chi connectivity index (χ0n) is 43.2. The van der Waals surface area contributed by atoms with Gasteiger partial charge >= 0.3 is 0 Å². The molecule has 0 bridgehead atoms. The van der Waals surface area contributed by atoms with Gasteiger partial charge in [-0.1, -0.05) is 84.9 Å². The maximum Gasteiger partial charge on any atom is 0.246 e. The zero-order valence-corrected chi connectivity index (χ0v) is 43.2. The summed E-state index contributed by atoms with van der Waals surface area (Å²) in [4.78, 5) is 52.2. The molecule has 0 aliphatic rings. The molecule has 0 heterocycles. The molecular weight excluding hydrogens is 975 g/mol. The van der Waals surface area contributed by atoms with Gasteiger partial charge < -0.3 is 84.3 Å². The first-order valence-corrected chi connectivity index (χ1v) is 25.6. The maximum atomic E-state index is 14.3. The molecule has 7 N–H and O–H groups in total. The number of hydrogen-bond donors (Lipinski definition) is 5. The van der Waals surface area contributed by atoms with Gasteiger partial charge in [0, 0.05) is 25.9 Å². The number of carbonyl (C=O) groups excluding carboxylic acids is 4. The molecule has 0 aromatic heterocycles. The minimum atomic E-state index is -1.04. The summed E-state index contributed by atoms with van der Waals surface area (Å²) in [7, 11) is 0. The van der Waals surface area contributed by atoms with Crippen molar-refractivity contribution in [2.45, 2.75) is 24.9 Å². The average Bonchev–Trinajstić information content (AvgIpc) is 3.41. The number of carbonyl (C=O) groups is 4. The van der Waals surface area contributed by atoms with E-state index in [1.54, 1.807) is 0 Å². The van der Waals surface area contributed by atoms with E-state index in [0.29, 0.717) is 125 Å². The van der Waals surface area contributed by atoms with E-state index in [1.807, 2.05) is 84.9 Å². The first-order valence-electron chi connectivity index (χ1n) is 25.6. The molecule has 0 aliphatic heterocycles. The van der Waals surface area contributed by atoms with Crippen LogP contribution in [0.25, 0.3) is 21.5 Å². The molecule has 75 heavy (non-hydrogen) atoms. The van der Waals surface area contributed by atoms with Gasteiger partial charge in [0.15, 0.2) is 0 Å². The number of hydrogen-bond acceptors (Lipinski definition) is 17. The molecule has 21 heteroatoms. The highest BCUT2D eigenvalue weighted by molar-refractivity contribution is 5.93. The van der Waals surface area contributed by atoms with E-state index in [4.69, 9.17) is 68.3 Å². The van der Waals surface area contributed by atoms with Crippen LogP contribution in [0.2, 0.25) is 0 Å². The van der Waals surface area contributed by atoms with Crippen molar-refractivity contribution >= 4 is 45.2 Å². The van der Waals surface area contributed by atoms with Gasteiger partial charge in [0.05, 0.1) is 145 Å². The Kier molecular flexibility index (Phi) is 34.1. The first kappa shape index (κ1) is 62.3. The monoisotopic (exact) mass is 1050 g/mol. The Hall–Kier alpha value is -5.24. The Bertz CT molecular complexity index is 2170. The molecule has 4 amide bonds. The van der Waals surface area contributed by atoms with Crippen LogP contribution in [0.15, 0.2) is 84.9 Å². The SMILES string of the molecule is NCCOCCOCCOCCOCCOCCOCC(=O)N[C@@H](Cc1ccc2ccccc2c1)C(=O)N[C@@H](Cc1ccc2ccccc2c1)C(=O)NCCOCCOCCOCCOCCOCCOCC(N)=O. The molecule has 21 nitrogen and oxygen atoms in total. The van der Waals surface area contributed by atoms with Crippen molar-refractivity contribution in [1.29, 1.82) is 0 Å². The van der Waals surface area contributed by atoms with Crippen molar-refractivity contribution in [1.82, 2.24) is 16.0 Å². The van der Waals surface area contributed by atoms with Crippen LogP contribution < -0.4 is 27.4 Å². The Balaban J connectivity index is 1.19. The first-order chi connectivity index (χ1) is 36.8. The van der Waals surface area contributed by atoms with Crippen LogP contribution in [0.4, 0.5) is 0 Å². The summed E-state index contributed by atoms with van der Waals surface area (Å²) in [5.74, 6) is -1.95. The molecule has 0 saturated carbocycles.